The van der Waals surface area contributed by atoms with E-state index in [1.54, 1.807) is 0 Å². The zero-order valence-corrected chi connectivity index (χ0v) is 18.0. The summed E-state index contributed by atoms with van der Waals surface area (Å²) in [5.41, 5.74) is 6.15. The van der Waals surface area contributed by atoms with Crippen LogP contribution in [0.25, 0.3) is 0 Å². The molecule has 2 saturated carbocycles. The molecule has 2 aromatic rings. The highest BCUT2D eigenvalue weighted by Crippen LogP contribution is 2.55. The molecule has 0 aliphatic heterocycles. The van der Waals surface area contributed by atoms with E-state index in [1.165, 1.54) is 17.5 Å². The lowest BCUT2D eigenvalue weighted by molar-refractivity contribution is -0.118. The average molecular weight is 389 g/mol. The summed E-state index contributed by atoms with van der Waals surface area (Å²) in [5.74, 6) is 0.866. The van der Waals surface area contributed by atoms with Crippen LogP contribution in [0.15, 0.2) is 60.8 Å². The molecule has 2 N–H and O–H groups in total. The SMILES string of the molecule is C=C(Nc1ccc(Cc2ccc(NC(=O)C3CC3(C)C)cc2)cc1)C1CC1(C)C. The predicted octanol–water partition coefficient (Wildman–Crippen LogP) is 6.23. The van der Waals surface area contributed by atoms with Crippen LogP contribution in [0.2, 0.25) is 0 Å². The first-order valence-electron chi connectivity index (χ1n) is 10.6. The zero-order chi connectivity index (χ0) is 20.8. The molecule has 4 rings (SSSR count). The molecule has 0 saturated heterocycles. The first-order valence-corrected chi connectivity index (χ1v) is 10.6. The number of carbonyl (C=O) groups excluding carboxylic acids is 1. The van der Waals surface area contributed by atoms with Crippen molar-refractivity contribution in [3.05, 3.63) is 71.9 Å². The fourth-order valence-corrected chi connectivity index (χ4v) is 4.13. The lowest BCUT2D eigenvalue weighted by atomic mass is 10.0. The summed E-state index contributed by atoms with van der Waals surface area (Å²) in [7, 11) is 0. The van der Waals surface area contributed by atoms with E-state index >= 15 is 0 Å². The molecular formula is C26H32N2O. The van der Waals surface area contributed by atoms with Crippen molar-refractivity contribution < 1.29 is 4.79 Å². The van der Waals surface area contributed by atoms with Crippen molar-refractivity contribution in [2.24, 2.45) is 22.7 Å². The molecule has 3 heteroatoms. The minimum Gasteiger partial charge on any atom is -0.359 e. The fraction of sp³-hybridized carbons (Fsp3) is 0.423. The lowest BCUT2D eigenvalue weighted by Gasteiger charge is -2.12. The molecule has 152 valence electrons. The van der Waals surface area contributed by atoms with E-state index in [-0.39, 0.29) is 17.2 Å². The van der Waals surface area contributed by atoms with Gasteiger partial charge in [0.25, 0.3) is 0 Å². The highest BCUT2D eigenvalue weighted by molar-refractivity contribution is 5.94. The molecule has 0 aromatic heterocycles. The van der Waals surface area contributed by atoms with E-state index in [0.29, 0.717) is 11.3 Å². The predicted molar refractivity (Wildman–Crippen MR) is 121 cm³/mol. The third kappa shape index (κ3) is 4.55. The molecule has 0 bridgehead atoms. The van der Waals surface area contributed by atoms with Gasteiger partial charge in [-0.2, -0.15) is 0 Å². The Balaban J connectivity index is 1.30. The van der Waals surface area contributed by atoms with Crippen molar-refractivity contribution >= 4 is 17.3 Å². The number of anilines is 2. The molecule has 0 heterocycles. The maximum Gasteiger partial charge on any atom is 0.228 e. The second-order valence-corrected chi connectivity index (χ2v) is 10.2. The molecule has 2 atom stereocenters. The Labute approximate surface area is 174 Å². The third-order valence-electron chi connectivity index (χ3n) is 6.65. The third-order valence-corrected chi connectivity index (χ3v) is 6.65. The van der Waals surface area contributed by atoms with E-state index in [9.17, 15) is 4.79 Å². The number of hydrogen-bond donors (Lipinski definition) is 2. The number of nitrogens with one attached hydrogen (secondary N) is 2. The molecule has 2 unspecified atom stereocenters. The molecule has 2 aromatic carbocycles. The van der Waals surface area contributed by atoms with Crippen molar-refractivity contribution in [3.63, 3.8) is 0 Å². The maximum absolute atomic E-state index is 12.2. The van der Waals surface area contributed by atoms with E-state index in [2.05, 4.69) is 81.3 Å². The lowest BCUT2D eigenvalue weighted by Crippen LogP contribution is -2.16. The minimum atomic E-state index is 0.141. The second-order valence-electron chi connectivity index (χ2n) is 10.2. The molecular weight excluding hydrogens is 356 g/mol. The van der Waals surface area contributed by atoms with Crippen molar-refractivity contribution in [1.29, 1.82) is 0 Å². The zero-order valence-electron chi connectivity index (χ0n) is 18.0. The van der Waals surface area contributed by atoms with Gasteiger partial charge in [0, 0.05) is 28.9 Å². The van der Waals surface area contributed by atoms with E-state index in [0.717, 1.165) is 29.9 Å². The largest absolute Gasteiger partial charge is 0.359 e. The van der Waals surface area contributed by atoms with Crippen LogP contribution in [-0.2, 0) is 11.2 Å². The smallest absolute Gasteiger partial charge is 0.228 e. The number of hydrogen-bond acceptors (Lipinski definition) is 2. The Kier molecular flexibility index (Phi) is 4.80. The van der Waals surface area contributed by atoms with Crippen LogP contribution in [0.4, 0.5) is 11.4 Å². The Morgan fingerprint density at radius 1 is 0.828 bits per heavy atom. The van der Waals surface area contributed by atoms with Crippen molar-refractivity contribution in [1.82, 2.24) is 0 Å². The molecule has 2 aliphatic carbocycles. The van der Waals surface area contributed by atoms with E-state index in [4.69, 9.17) is 0 Å². The summed E-state index contributed by atoms with van der Waals surface area (Å²) in [6.45, 7) is 13.1. The van der Waals surface area contributed by atoms with Crippen molar-refractivity contribution in [2.75, 3.05) is 10.6 Å². The van der Waals surface area contributed by atoms with Gasteiger partial charge in [-0.15, -0.1) is 0 Å². The van der Waals surface area contributed by atoms with Crippen LogP contribution in [0, 0.1) is 22.7 Å². The number of amides is 1. The van der Waals surface area contributed by atoms with Crippen molar-refractivity contribution in [3.8, 4) is 0 Å². The van der Waals surface area contributed by atoms with Gasteiger partial charge in [0.15, 0.2) is 0 Å². The van der Waals surface area contributed by atoms with Gasteiger partial charge >= 0.3 is 0 Å². The van der Waals surface area contributed by atoms with Gasteiger partial charge in [-0.05, 0) is 65.5 Å². The maximum atomic E-state index is 12.2. The highest BCUT2D eigenvalue weighted by Gasteiger charge is 2.50. The number of rotatable bonds is 7. The highest BCUT2D eigenvalue weighted by atomic mass is 16.2. The number of carbonyl (C=O) groups is 1. The standard InChI is InChI=1S/C26H32N2O/c1-17(22-15-25(22,2)3)27-20-10-6-18(7-11-20)14-19-8-12-21(13-9-19)28-24(29)23-16-26(23,4)5/h6-13,22-23,27H,1,14-16H2,2-5H3,(H,28,29). The van der Waals surface area contributed by atoms with Crippen molar-refractivity contribution in [2.45, 2.75) is 47.0 Å². The molecule has 0 radical (unpaired) electrons. The van der Waals surface area contributed by atoms with Gasteiger partial charge in [0.05, 0.1) is 0 Å². The summed E-state index contributed by atoms with van der Waals surface area (Å²) in [5, 5.41) is 6.50. The normalized spacial score (nSPS) is 23.2. The monoisotopic (exact) mass is 388 g/mol. The van der Waals surface area contributed by atoms with Crippen LogP contribution in [-0.4, -0.2) is 5.91 Å². The molecule has 2 aliphatic rings. The van der Waals surface area contributed by atoms with Gasteiger partial charge in [-0.25, -0.2) is 0 Å². The molecule has 29 heavy (non-hydrogen) atoms. The molecule has 0 spiro atoms. The minimum absolute atomic E-state index is 0.141. The van der Waals surface area contributed by atoms with Gasteiger partial charge in [-0.1, -0.05) is 58.5 Å². The fourth-order valence-electron chi connectivity index (χ4n) is 4.13. The van der Waals surface area contributed by atoms with E-state index in [1.807, 2.05) is 12.1 Å². The molecule has 2 fully saturated rings. The Bertz CT molecular complexity index is 845. The van der Waals surface area contributed by atoms with Gasteiger partial charge in [0.2, 0.25) is 5.91 Å². The summed E-state index contributed by atoms with van der Waals surface area (Å²) in [6, 6.07) is 16.8. The van der Waals surface area contributed by atoms with Crippen LogP contribution >= 0.6 is 0 Å². The Morgan fingerprint density at radius 2 is 1.24 bits per heavy atom. The van der Waals surface area contributed by atoms with Gasteiger partial charge in [-0.3, -0.25) is 4.79 Å². The first kappa shape index (κ1) is 19.8. The topological polar surface area (TPSA) is 41.1 Å². The van der Waals surface area contributed by atoms with Crippen LogP contribution in [0.1, 0.15) is 51.7 Å². The summed E-state index contributed by atoms with van der Waals surface area (Å²) >= 11 is 0. The quantitative estimate of drug-likeness (QED) is 0.590. The van der Waals surface area contributed by atoms with E-state index < -0.39 is 0 Å². The molecule has 1 amide bonds. The first-order chi connectivity index (χ1) is 13.6. The summed E-state index contributed by atoms with van der Waals surface area (Å²) in [6.07, 6.45) is 3.07. The van der Waals surface area contributed by atoms with Gasteiger partial charge in [0.1, 0.15) is 0 Å². The van der Waals surface area contributed by atoms with Crippen LogP contribution < -0.4 is 10.6 Å². The molecule has 3 nitrogen and oxygen atoms in total. The van der Waals surface area contributed by atoms with Crippen LogP contribution in [0.3, 0.4) is 0 Å². The van der Waals surface area contributed by atoms with Gasteiger partial charge < -0.3 is 10.6 Å². The average Bonchev–Trinajstić information content (AvgIpc) is 3.52. The van der Waals surface area contributed by atoms with Crippen LogP contribution in [0.5, 0.6) is 0 Å². The second kappa shape index (κ2) is 7.05. The summed E-state index contributed by atoms with van der Waals surface area (Å²) < 4.78 is 0. The Hall–Kier alpha value is -2.55. The Morgan fingerprint density at radius 3 is 1.66 bits per heavy atom. The number of allylic oxidation sites excluding steroid dienone is 1. The summed E-state index contributed by atoms with van der Waals surface area (Å²) in [4.78, 5) is 12.2. The number of benzene rings is 2.